The van der Waals surface area contributed by atoms with Crippen LogP contribution >= 0.6 is 15.9 Å². The Morgan fingerprint density at radius 1 is 1.04 bits per heavy atom. The molecule has 25 heavy (non-hydrogen) atoms. The molecule has 2 aromatic carbocycles. The molecule has 2 rings (SSSR count). The number of Topliss-reactive ketones (excluding diaryl/α,β-unsaturated/α-hetero) is 1. The normalized spacial score (nSPS) is 10.2. The number of methoxy groups -OCH3 is 1. The minimum atomic E-state index is -0.203. The van der Waals surface area contributed by atoms with Crippen LogP contribution in [0, 0.1) is 6.92 Å². The topological polar surface area (TPSA) is 64.6 Å². The number of hydrogen-bond donors (Lipinski definition) is 1. The fourth-order valence-electron chi connectivity index (χ4n) is 2.14. The lowest BCUT2D eigenvalue weighted by Crippen LogP contribution is -2.17. The van der Waals surface area contributed by atoms with Gasteiger partial charge in [0.2, 0.25) is 5.91 Å². The average molecular weight is 406 g/mol. The molecule has 0 spiro atoms. The van der Waals surface area contributed by atoms with Crippen molar-refractivity contribution < 1.29 is 19.1 Å². The Morgan fingerprint density at radius 2 is 1.72 bits per heavy atom. The molecule has 1 N–H and O–H groups in total. The first-order chi connectivity index (χ1) is 12.0. The van der Waals surface area contributed by atoms with Gasteiger partial charge in [-0.05, 0) is 55.0 Å². The summed E-state index contributed by atoms with van der Waals surface area (Å²) in [4.78, 5) is 23.9. The van der Waals surface area contributed by atoms with Crippen molar-refractivity contribution in [3.63, 3.8) is 0 Å². The highest BCUT2D eigenvalue weighted by Gasteiger charge is 2.10. The van der Waals surface area contributed by atoms with E-state index in [1.54, 1.807) is 31.4 Å². The summed E-state index contributed by atoms with van der Waals surface area (Å²) in [5, 5.41) is 2.80. The maximum absolute atomic E-state index is 12.0. The highest BCUT2D eigenvalue weighted by atomic mass is 79.9. The Kier molecular flexibility index (Phi) is 7.01. The molecule has 0 aliphatic rings. The summed E-state index contributed by atoms with van der Waals surface area (Å²) < 4.78 is 11.5. The summed E-state index contributed by atoms with van der Waals surface area (Å²) in [6, 6.07) is 12.6. The van der Waals surface area contributed by atoms with E-state index in [9.17, 15) is 9.59 Å². The molecule has 132 valence electrons. The largest absolute Gasteiger partial charge is 0.497 e. The van der Waals surface area contributed by atoms with Gasteiger partial charge in [0, 0.05) is 23.0 Å². The van der Waals surface area contributed by atoms with Crippen molar-refractivity contribution in [1.82, 2.24) is 0 Å². The van der Waals surface area contributed by atoms with Crippen LogP contribution in [0.3, 0.4) is 0 Å². The average Bonchev–Trinajstić information content (AvgIpc) is 2.61. The third-order valence-corrected chi connectivity index (χ3v) is 4.08. The Labute approximate surface area is 155 Å². The van der Waals surface area contributed by atoms with Crippen molar-refractivity contribution in [3.05, 3.63) is 52.5 Å². The van der Waals surface area contributed by atoms with Gasteiger partial charge in [0.05, 0.1) is 7.11 Å². The quantitative estimate of drug-likeness (QED) is 0.716. The van der Waals surface area contributed by atoms with Gasteiger partial charge in [0.15, 0.2) is 5.78 Å². The predicted octanol–water partition coefficient (Wildman–Crippen LogP) is 4.13. The highest BCUT2D eigenvalue weighted by molar-refractivity contribution is 9.10. The van der Waals surface area contributed by atoms with Gasteiger partial charge in [0.1, 0.15) is 18.1 Å². The van der Waals surface area contributed by atoms with Gasteiger partial charge in [-0.1, -0.05) is 15.9 Å². The molecule has 0 atom stereocenters. The van der Waals surface area contributed by atoms with E-state index < -0.39 is 0 Å². The van der Waals surface area contributed by atoms with Crippen molar-refractivity contribution in [2.24, 2.45) is 0 Å². The maximum atomic E-state index is 12.0. The van der Waals surface area contributed by atoms with Crippen LogP contribution in [-0.4, -0.2) is 25.4 Å². The number of anilines is 1. The summed E-state index contributed by atoms with van der Waals surface area (Å²) in [7, 11) is 1.59. The molecule has 0 heterocycles. The summed E-state index contributed by atoms with van der Waals surface area (Å²) in [5.41, 5.74) is 1.61. The molecule has 5 nitrogen and oxygen atoms in total. The van der Waals surface area contributed by atoms with Crippen LogP contribution in [0.5, 0.6) is 11.5 Å². The van der Waals surface area contributed by atoms with Crippen molar-refractivity contribution in [1.29, 1.82) is 0 Å². The number of amides is 1. The summed E-state index contributed by atoms with van der Waals surface area (Å²) in [5.74, 6) is 1.03. The molecular formula is C19H20BrNO4. The molecule has 0 aliphatic heterocycles. The highest BCUT2D eigenvalue weighted by Crippen LogP contribution is 2.21. The first-order valence-electron chi connectivity index (χ1n) is 7.82. The number of hydrogen-bond acceptors (Lipinski definition) is 4. The number of carbonyl (C=O) groups is 2. The van der Waals surface area contributed by atoms with Crippen LogP contribution in [0.15, 0.2) is 46.9 Å². The molecule has 0 fully saturated rings. The number of halogens is 1. The second-order valence-electron chi connectivity index (χ2n) is 5.51. The summed E-state index contributed by atoms with van der Waals surface area (Å²) in [6.07, 6.45) is 0.256. The molecular weight excluding hydrogens is 386 g/mol. The Bertz CT molecular complexity index is 744. The van der Waals surface area contributed by atoms with Crippen LogP contribution in [0.1, 0.15) is 18.4 Å². The third-order valence-electron chi connectivity index (χ3n) is 3.55. The van der Waals surface area contributed by atoms with Gasteiger partial charge < -0.3 is 14.8 Å². The van der Waals surface area contributed by atoms with E-state index in [-0.39, 0.29) is 31.1 Å². The van der Waals surface area contributed by atoms with E-state index in [2.05, 4.69) is 21.2 Å². The van der Waals surface area contributed by atoms with E-state index in [0.29, 0.717) is 11.4 Å². The number of nitrogens with one attached hydrogen (secondary N) is 1. The number of rotatable bonds is 8. The molecule has 2 aromatic rings. The molecule has 0 saturated carbocycles. The van der Waals surface area contributed by atoms with E-state index >= 15 is 0 Å². The van der Waals surface area contributed by atoms with Gasteiger partial charge in [-0.15, -0.1) is 0 Å². The fourth-order valence-corrected chi connectivity index (χ4v) is 2.40. The van der Waals surface area contributed by atoms with E-state index in [4.69, 9.17) is 9.47 Å². The number of aryl methyl sites for hydroxylation is 1. The SMILES string of the molecule is COc1ccc(NC(=O)CCC(=O)COc2ccc(Br)cc2)c(C)c1. The minimum Gasteiger partial charge on any atom is -0.497 e. The van der Waals surface area contributed by atoms with Crippen molar-refractivity contribution in [3.8, 4) is 11.5 Å². The number of ether oxygens (including phenoxy) is 2. The van der Waals surface area contributed by atoms with Crippen molar-refractivity contribution in [2.45, 2.75) is 19.8 Å². The van der Waals surface area contributed by atoms with E-state index in [1.165, 1.54) is 0 Å². The molecule has 1 amide bonds. The van der Waals surface area contributed by atoms with Gasteiger partial charge in [-0.3, -0.25) is 9.59 Å². The number of carbonyl (C=O) groups excluding carboxylic acids is 2. The lowest BCUT2D eigenvalue weighted by Gasteiger charge is -2.10. The van der Waals surface area contributed by atoms with Crippen molar-refractivity contribution >= 4 is 33.3 Å². The van der Waals surface area contributed by atoms with Crippen molar-refractivity contribution in [2.75, 3.05) is 19.0 Å². The number of benzene rings is 2. The zero-order valence-corrected chi connectivity index (χ0v) is 15.8. The Morgan fingerprint density at radius 3 is 2.36 bits per heavy atom. The lowest BCUT2D eigenvalue weighted by molar-refractivity contribution is -0.124. The van der Waals surface area contributed by atoms with Gasteiger partial charge in [-0.25, -0.2) is 0 Å². The first-order valence-corrected chi connectivity index (χ1v) is 8.62. The van der Waals surface area contributed by atoms with Crippen LogP contribution in [0.4, 0.5) is 5.69 Å². The zero-order chi connectivity index (χ0) is 18.2. The summed E-state index contributed by atoms with van der Waals surface area (Å²) in [6.45, 7) is 1.84. The van der Waals surface area contributed by atoms with Crippen LogP contribution < -0.4 is 14.8 Å². The number of ketones is 1. The predicted molar refractivity (Wildman–Crippen MR) is 100 cm³/mol. The molecule has 0 aliphatic carbocycles. The zero-order valence-electron chi connectivity index (χ0n) is 14.2. The second kappa shape index (κ2) is 9.22. The minimum absolute atomic E-state index is 0.0452. The van der Waals surface area contributed by atoms with E-state index in [0.717, 1.165) is 15.8 Å². The van der Waals surface area contributed by atoms with Gasteiger partial charge in [0.25, 0.3) is 0 Å². The Hall–Kier alpha value is -2.34. The Balaban J connectivity index is 1.75. The standard InChI is InChI=1S/C19H20BrNO4/c1-13-11-17(24-2)8-9-18(13)21-19(23)10-5-15(22)12-25-16-6-3-14(20)4-7-16/h3-4,6-9,11H,5,10,12H2,1-2H3,(H,21,23). The van der Waals surface area contributed by atoms with Crippen LogP contribution in [0.2, 0.25) is 0 Å². The van der Waals surface area contributed by atoms with Crippen LogP contribution in [0.25, 0.3) is 0 Å². The van der Waals surface area contributed by atoms with E-state index in [1.807, 2.05) is 25.1 Å². The molecule has 0 unspecified atom stereocenters. The molecule has 6 heteroatoms. The lowest BCUT2D eigenvalue weighted by atomic mass is 10.1. The fraction of sp³-hybridized carbons (Fsp3) is 0.263. The molecule has 0 bridgehead atoms. The van der Waals surface area contributed by atoms with Gasteiger partial charge >= 0.3 is 0 Å². The molecule has 0 aromatic heterocycles. The summed E-state index contributed by atoms with van der Waals surface area (Å²) >= 11 is 3.33. The molecule has 0 saturated heterocycles. The van der Waals surface area contributed by atoms with Crippen LogP contribution in [-0.2, 0) is 9.59 Å². The maximum Gasteiger partial charge on any atom is 0.224 e. The monoisotopic (exact) mass is 405 g/mol. The second-order valence-corrected chi connectivity index (χ2v) is 6.43. The smallest absolute Gasteiger partial charge is 0.224 e. The van der Waals surface area contributed by atoms with Gasteiger partial charge in [-0.2, -0.15) is 0 Å². The molecule has 0 radical (unpaired) electrons. The first kappa shape index (κ1) is 19.0. The third kappa shape index (κ3) is 6.23.